The molecule has 2 amide bonds. The topological polar surface area (TPSA) is 133 Å². The minimum absolute atomic E-state index is 0.0522. The summed E-state index contributed by atoms with van der Waals surface area (Å²) in [6.07, 6.45) is 1.48. The molecule has 1 aliphatic heterocycles. The Balaban J connectivity index is 1.64. The number of aromatic nitrogens is 1. The van der Waals surface area contributed by atoms with Crippen LogP contribution in [0.4, 0.5) is 5.69 Å². The van der Waals surface area contributed by atoms with Crippen LogP contribution in [0.2, 0.25) is 0 Å². The fourth-order valence-corrected chi connectivity index (χ4v) is 6.26. The molecular weight excluding hydrogens is 576 g/mol. The summed E-state index contributed by atoms with van der Waals surface area (Å²) in [5.41, 5.74) is 10.3. The number of nitrogens with two attached hydrogens (primary N) is 1. The summed E-state index contributed by atoms with van der Waals surface area (Å²) >= 11 is 1.58. The van der Waals surface area contributed by atoms with Crippen molar-refractivity contribution in [1.29, 1.82) is 0 Å². The second kappa shape index (κ2) is 13.4. The number of hydrogen-bond acceptors (Lipinski definition) is 8. The molecule has 1 unspecified atom stereocenters. The molecule has 2 aromatic carbocycles. The maximum absolute atomic E-state index is 14.0. The number of carbonyl (C=O) groups excluding carboxylic acids is 3. The Bertz CT molecular complexity index is 1700. The summed E-state index contributed by atoms with van der Waals surface area (Å²) in [4.78, 5) is 45.7. The molecule has 4 N–H and O–H groups in total. The number of anilines is 1. The van der Waals surface area contributed by atoms with Gasteiger partial charge in [-0.15, -0.1) is 11.3 Å². The summed E-state index contributed by atoms with van der Waals surface area (Å²) in [5, 5.41) is 8.00. The van der Waals surface area contributed by atoms with Gasteiger partial charge in [-0.25, -0.2) is 9.78 Å². The molecule has 0 saturated carbocycles. The van der Waals surface area contributed by atoms with Gasteiger partial charge in [-0.2, -0.15) is 0 Å². The van der Waals surface area contributed by atoms with E-state index in [1.54, 1.807) is 47.7 Å². The summed E-state index contributed by atoms with van der Waals surface area (Å²) in [5.74, 6) is -0.696. The van der Waals surface area contributed by atoms with Gasteiger partial charge in [-0.05, 0) is 71.3 Å². The normalized spacial score (nSPS) is 12.8. The van der Waals surface area contributed by atoms with Crippen LogP contribution in [-0.2, 0) is 17.7 Å². The quantitative estimate of drug-likeness (QED) is 0.195. The largest absolute Gasteiger partial charge is 0.493 e. The molecule has 3 heterocycles. The van der Waals surface area contributed by atoms with E-state index >= 15 is 0 Å². The van der Waals surface area contributed by atoms with Gasteiger partial charge in [0.1, 0.15) is 11.4 Å². The van der Waals surface area contributed by atoms with Crippen molar-refractivity contribution in [1.82, 2.24) is 10.3 Å². The zero-order valence-corrected chi connectivity index (χ0v) is 26.0. The zero-order chi connectivity index (χ0) is 31.4. The number of pyridine rings is 1. The van der Waals surface area contributed by atoms with Crippen LogP contribution in [0.3, 0.4) is 0 Å². The van der Waals surface area contributed by atoms with Gasteiger partial charge in [0.05, 0.1) is 13.7 Å². The van der Waals surface area contributed by atoms with Crippen LogP contribution in [0, 0.1) is 5.92 Å². The van der Waals surface area contributed by atoms with Crippen molar-refractivity contribution in [3.63, 3.8) is 0 Å². The number of benzene rings is 2. The van der Waals surface area contributed by atoms with Crippen LogP contribution >= 0.6 is 11.3 Å². The maximum Gasteiger partial charge on any atom is 0.357 e. The van der Waals surface area contributed by atoms with Crippen molar-refractivity contribution in [2.24, 2.45) is 11.7 Å². The highest BCUT2D eigenvalue weighted by Crippen LogP contribution is 2.43. The Kier molecular flexibility index (Phi) is 9.41. The third-order valence-corrected chi connectivity index (χ3v) is 8.78. The highest BCUT2D eigenvalue weighted by molar-refractivity contribution is 7.13. The second-order valence-electron chi connectivity index (χ2n) is 10.9. The number of nitrogens with one attached hydrogen (secondary N) is 2. The molecule has 0 bridgehead atoms. The lowest BCUT2D eigenvalue weighted by Gasteiger charge is -2.21. The molecule has 0 spiro atoms. The van der Waals surface area contributed by atoms with Gasteiger partial charge in [0, 0.05) is 51.8 Å². The number of amides is 2. The average molecular weight is 613 g/mol. The highest BCUT2D eigenvalue weighted by atomic mass is 32.1. The molecule has 0 radical (unpaired) electrons. The number of thiophene rings is 1. The summed E-state index contributed by atoms with van der Waals surface area (Å²) < 4.78 is 11.2. The maximum atomic E-state index is 14.0. The van der Waals surface area contributed by atoms with Crippen LogP contribution in [0.15, 0.2) is 60.0 Å². The van der Waals surface area contributed by atoms with Gasteiger partial charge in [-0.1, -0.05) is 32.9 Å². The molecule has 10 heteroatoms. The first-order chi connectivity index (χ1) is 21.2. The van der Waals surface area contributed by atoms with Crippen molar-refractivity contribution in [2.75, 3.05) is 19.0 Å². The Labute approximate surface area is 260 Å². The van der Waals surface area contributed by atoms with Crippen molar-refractivity contribution in [2.45, 2.75) is 46.2 Å². The van der Waals surface area contributed by atoms with Crippen molar-refractivity contribution in [3.05, 3.63) is 88.1 Å². The van der Waals surface area contributed by atoms with Crippen molar-refractivity contribution >= 4 is 34.8 Å². The third kappa shape index (κ3) is 6.36. The number of carbonyl (C=O) groups is 3. The fourth-order valence-electron chi connectivity index (χ4n) is 5.29. The molecule has 228 valence electrons. The van der Waals surface area contributed by atoms with E-state index < -0.39 is 11.9 Å². The first-order valence-electron chi connectivity index (χ1n) is 14.6. The monoisotopic (exact) mass is 612 g/mol. The summed E-state index contributed by atoms with van der Waals surface area (Å²) in [7, 11) is 1.25. The lowest BCUT2D eigenvalue weighted by atomic mass is 9.93. The Morgan fingerprint density at radius 3 is 2.48 bits per heavy atom. The zero-order valence-electron chi connectivity index (χ0n) is 25.2. The van der Waals surface area contributed by atoms with E-state index in [9.17, 15) is 14.4 Å². The molecule has 0 saturated heterocycles. The van der Waals surface area contributed by atoms with Crippen LogP contribution < -0.4 is 21.1 Å². The lowest BCUT2D eigenvalue weighted by Crippen LogP contribution is -2.38. The molecule has 44 heavy (non-hydrogen) atoms. The number of methoxy groups -OCH3 is 1. The number of hydrogen-bond donors (Lipinski definition) is 3. The number of nitrogens with zero attached hydrogens (tertiary/aromatic N) is 1. The molecule has 0 fully saturated rings. The average Bonchev–Trinajstić information content (AvgIpc) is 3.44. The smallest absolute Gasteiger partial charge is 0.357 e. The Morgan fingerprint density at radius 2 is 1.80 bits per heavy atom. The number of ether oxygens (including phenoxy) is 2. The molecule has 9 nitrogen and oxygen atoms in total. The molecule has 4 aromatic rings. The van der Waals surface area contributed by atoms with Crippen molar-refractivity contribution in [3.8, 4) is 27.3 Å². The van der Waals surface area contributed by atoms with Gasteiger partial charge in [0.2, 0.25) is 0 Å². The van der Waals surface area contributed by atoms with Gasteiger partial charge in [0.25, 0.3) is 11.8 Å². The predicted octanol–water partition coefficient (Wildman–Crippen LogP) is 6.07. The van der Waals surface area contributed by atoms with Crippen LogP contribution in [0.5, 0.6) is 5.75 Å². The van der Waals surface area contributed by atoms with Crippen LogP contribution in [-0.4, -0.2) is 42.5 Å². The first kappa shape index (κ1) is 30.9. The van der Waals surface area contributed by atoms with Gasteiger partial charge in [-0.3, -0.25) is 9.59 Å². The van der Waals surface area contributed by atoms with E-state index in [4.69, 9.17) is 15.2 Å². The fraction of sp³-hybridized carbons (Fsp3) is 0.294. The van der Waals surface area contributed by atoms with Crippen LogP contribution in [0.25, 0.3) is 21.6 Å². The second-order valence-corrected chi connectivity index (χ2v) is 11.9. The first-order valence-corrected chi connectivity index (χ1v) is 15.5. The van der Waals surface area contributed by atoms with Crippen LogP contribution in [0.1, 0.15) is 69.7 Å². The van der Waals surface area contributed by atoms with E-state index in [1.807, 2.05) is 38.3 Å². The minimum atomic E-state index is -0.731. The van der Waals surface area contributed by atoms with Gasteiger partial charge in [0.15, 0.2) is 5.69 Å². The molecule has 0 aliphatic carbocycles. The molecule has 5 rings (SSSR count). The highest BCUT2D eigenvalue weighted by Gasteiger charge is 2.27. The molecule has 2 aromatic heterocycles. The van der Waals surface area contributed by atoms with E-state index in [0.29, 0.717) is 41.3 Å². The SMILES string of the molecule is CCC(NC(=O)c1ccc(-c2cc3c(cc2C(=O)Nc2ccc(CN)cc2)-c2sccc2CCO3)c(C(=O)OC)n1)C(C)C. The summed E-state index contributed by atoms with van der Waals surface area (Å²) in [6.45, 7) is 6.91. The molecular formula is C34H36N4O5S. The van der Waals surface area contributed by atoms with E-state index in [0.717, 1.165) is 34.4 Å². The summed E-state index contributed by atoms with van der Waals surface area (Å²) in [6, 6.07) is 16.1. The van der Waals surface area contributed by atoms with E-state index in [2.05, 4.69) is 21.7 Å². The van der Waals surface area contributed by atoms with E-state index in [1.165, 1.54) is 7.11 Å². The Hall–Kier alpha value is -4.54. The van der Waals surface area contributed by atoms with Gasteiger partial charge >= 0.3 is 5.97 Å². The standard InChI is InChI=1S/C34H36N4O5S/c1-5-27(19(2)3)38-33(40)28-11-10-23(30(37-28)34(41)42-4)24-17-29-26(31-21(12-14-43-29)13-15-44-31)16-25(24)32(39)36-22-8-6-20(18-35)7-9-22/h6-11,13,15-17,19,27H,5,12,14,18,35H2,1-4H3,(H,36,39)(H,38,40). The lowest BCUT2D eigenvalue weighted by molar-refractivity contribution is 0.0594. The predicted molar refractivity (Wildman–Crippen MR) is 172 cm³/mol. The van der Waals surface area contributed by atoms with Gasteiger partial charge < -0.3 is 25.8 Å². The number of fused-ring (bicyclic) bond motifs is 3. The van der Waals surface area contributed by atoms with Crippen molar-refractivity contribution < 1.29 is 23.9 Å². The third-order valence-electron chi connectivity index (χ3n) is 7.79. The van der Waals surface area contributed by atoms with E-state index in [-0.39, 0.29) is 29.3 Å². The molecule has 1 atom stereocenters. The number of rotatable bonds is 9. The minimum Gasteiger partial charge on any atom is -0.493 e. The molecule has 1 aliphatic rings. The number of esters is 1. The Morgan fingerprint density at radius 1 is 1.02 bits per heavy atom.